The lowest BCUT2D eigenvalue weighted by Gasteiger charge is -2.38. The zero-order valence-electron chi connectivity index (χ0n) is 13.1. The number of hydrogen-bond acceptors (Lipinski definition) is 4. The third-order valence-electron chi connectivity index (χ3n) is 4.48. The van der Waals surface area contributed by atoms with Gasteiger partial charge < -0.3 is 5.11 Å². The summed E-state index contributed by atoms with van der Waals surface area (Å²) in [6.45, 7) is 0.336. The molecule has 0 bridgehead atoms. The fourth-order valence-electron chi connectivity index (χ4n) is 3.07. The van der Waals surface area contributed by atoms with Crippen LogP contribution < -0.4 is 0 Å². The van der Waals surface area contributed by atoms with Gasteiger partial charge in [0.2, 0.25) is 10.0 Å². The van der Waals surface area contributed by atoms with Crippen molar-refractivity contribution in [3.63, 3.8) is 0 Å². The fraction of sp³-hybridized carbons (Fsp3) is 0.375. The predicted octanol–water partition coefficient (Wildman–Crippen LogP) is 1.29. The van der Waals surface area contributed by atoms with Gasteiger partial charge in [-0.1, -0.05) is 30.3 Å². The normalized spacial score (nSPS) is 18.3. The molecule has 128 valence electrons. The van der Waals surface area contributed by atoms with Crippen LogP contribution >= 0.6 is 0 Å². The Morgan fingerprint density at radius 1 is 1.17 bits per heavy atom. The summed E-state index contributed by atoms with van der Waals surface area (Å²) >= 11 is 0. The van der Waals surface area contributed by atoms with Crippen LogP contribution in [0.4, 0.5) is 0 Å². The number of aromatic nitrogens is 2. The van der Waals surface area contributed by atoms with E-state index in [1.807, 2.05) is 6.07 Å². The standard InChI is InChI=1S/C16H19N3O4S/c20-15(21)16(19-10-4-9-17-19)7-11-18(12-8-16)24(22,23)13-14-5-2-1-3-6-14/h1-6,9-10H,7-8,11-13H2,(H,20,21). The molecule has 1 aliphatic rings. The highest BCUT2D eigenvalue weighted by molar-refractivity contribution is 7.88. The summed E-state index contributed by atoms with van der Waals surface area (Å²) in [5.41, 5.74) is -0.456. The molecule has 2 aromatic rings. The Morgan fingerprint density at radius 2 is 1.83 bits per heavy atom. The SMILES string of the molecule is O=C(O)C1(n2cccn2)CCN(S(=O)(=O)Cc2ccccc2)CC1. The first-order valence-electron chi connectivity index (χ1n) is 7.69. The van der Waals surface area contributed by atoms with Crippen molar-refractivity contribution in [3.8, 4) is 0 Å². The van der Waals surface area contributed by atoms with Gasteiger partial charge in [0.15, 0.2) is 5.54 Å². The molecule has 7 nitrogen and oxygen atoms in total. The molecule has 2 heterocycles. The van der Waals surface area contributed by atoms with Crippen LogP contribution in [0.1, 0.15) is 18.4 Å². The molecule has 8 heteroatoms. The molecular formula is C16H19N3O4S. The van der Waals surface area contributed by atoms with Gasteiger partial charge in [-0.15, -0.1) is 0 Å². The fourth-order valence-corrected chi connectivity index (χ4v) is 4.61. The summed E-state index contributed by atoms with van der Waals surface area (Å²) in [6, 6.07) is 10.6. The molecule has 1 fully saturated rings. The summed E-state index contributed by atoms with van der Waals surface area (Å²) in [5, 5.41) is 13.7. The summed E-state index contributed by atoms with van der Waals surface area (Å²) < 4.78 is 28.0. The van der Waals surface area contributed by atoms with Gasteiger partial charge in [0.05, 0.1) is 5.75 Å². The predicted molar refractivity (Wildman–Crippen MR) is 87.7 cm³/mol. The van der Waals surface area contributed by atoms with Crippen LogP contribution in [-0.4, -0.2) is 46.7 Å². The van der Waals surface area contributed by atoms with Gasteiger partial charge in [0, 0.05) is 25.5 Å². The lowest BCUT2D eigenvalue weighted by molar-refractivity contribution is -0.150. The van der Waals surface area contributed by atoms with E-state index in [4.69, 9.17) is 0 Å². The maximum absolute atomic E-state index is 12.6. The maximum Gasteiger partial charge on any atom is 0.331 e. The first-order valence-corrected chi connectivity index (χ1v) is 9.30. The maximum atomic E-state index is 12.6. The third-order valence-corrected chi connectivity index (χ3v) is 6.33. The number of hydrogen-bond donors (Lipinski definition) is 1. The number of carboxylic acid groups (broad SMARTS) is 1. The van der Waals surface area contributed by atoms with Crippen LogP contribution in [0.25, 0.3) is 0 Å². The van der Waals surface area contributed by atoms with Crippen LogP contribution in [0.5, 0.6) is 0 Å². The minimum atomic E-state index is -3.47. The largest absolute Gasteiger partial charge is 0.479 e. The zero-order chi connectivity index (χ0) is 17.2. The van der Waals surface area contributed by atoms with E-state index in [-0.39, 0.29) is 31.7 Å². The van der Waals surface area contributed by atoms with Crippen molar-refractivity contribution in [1.82, 2.24) is 14.1 Å². The molecular weight excluding hydrogens is 330 g/mol. The molecule has 0 atom stereocenters. The highest BCUT2D eigenvalue weighted by atomic mass is 32.2. The van der Waals surface area contributed by atoms with Crippen molar-refractivity contribution < 1.29 is 18.3 Å². The van der Waals surface area contributed by atoms with Crippen LogP contribution in [0.2, 0.25) is 0 Å². The lowest BCUT2D eigenvalue weighted by atomic mass is 9.88. The Bertz CT molecular complexity index is 795. The van der Waals surface area contributed by atoms with Crippen molar-refractivity contribution in [1.29, 1.82) is 0 Å². The van der Waals surface area contributed by atoms with Crippen LogP contribution in [0.15, 0.2) is 48.8 Å². The smallest absolute Gasteiger partial charge is 0.331 e. The summed E-state index contributed by atoms with van der Waals surface area (Å²) in [5.74, 6) is -1.05. The molecule has 1 saturated heterocycles. The van der Waals surface area contributed by atoms with Gasteiger partial charge in [-0.25, -0.2) is 17.5 Å². The number of benzene rings is 1. The van der Waals surface area contributed by atoms with E-state index >= 15 is 0 Å². The molecule has 0 radical (unpaired) electrons. The number of sulfonamides is 1. The number of rotatable bonds is 5. The molecule has 0 unspecified atom stereocenters. The first-order chi connectivity index (χ1) is 11.4. The van der Waals surface area contributed by atoms with Gasteiger partial charge in [-0.2, -0.15) is 5.10 Å². The molecule has 1 N–H and O–H groups in total. The van der Waals surface area contributed by atoms with E-state index < -0.39 is 21.5 Å². The van der Waals surface area contributed by atoms with E-state index in [0.717, 1.165) is 5.56 Å². The second-order valence-electron chi connectivity index (χ2n) is 5.93. The topological polar surface area (TPSA) is 92.5 Å². The highest BCUT2D eigenvalue weighted by Gasteiger charge is 2.45. The number of carbonyl (C=O) groups is 1. The number of piperidine rings is 1. The van der Waals surface area contributed by atoms with Crippen molar-refractivity contribution in [3.05, 3.63) is 54.4 Å². The van der Waals surface area contributed by atoms with E-state index in [9.17, 15) is 18.3 Å². The second kappa shape index (κ2) is 6.37. The average molecular weight is 349 g/mol. The molecule has 3 rings (SSSR count). The van der Waals surface area contributed by atoms with Crippen LogP contribution in [0.3, 0.4) is 0 Å². The van der Waals surface area contributed by atoms with E-state index in [1.54, 1.807) is 36.5 Å². The number of nitrogens with zero attached hydrogens (tertiary/aromatic N) is 3. The third kappa shape index (κ3) is 3.07. The Balaban J connectivity index is 1.75. The minimum Gasteiger partial charge on any atom is -0.479 e. The van der Waals surface area contributed by atoms with E-state index in [1.165, 1.54) is 15.2 Å². The quantitative estimate of drug-likeness (QED) is 0.878. The van der Waals surface area contributed by atoms with Gasteiger partial charge in [-0.3, -0.25) is 4.68 Å². The molecule has 0 aliphatic carbocycles. The van der Waals surface area contributed by atoms with Crippen molar-refractivity contribution in [2.75, 3.05) is 13.1 Å². The molecule has 1 aromatic carbocycles. The summed E-state index contributed by atoms with van der Waals surface area (Å²) in [6.07, 6.45) is 3.53. The molecule has 0 saturated carbocycles. The summed E-state index contributed by atoms with van der Waals surface area (Å²) in [4.78, 5) is 11.8. The highest BCUT2D eigenvalue weighted by Crippen LogP contribution is 2.31. The van der Waals surface area contributed by atoms with Crippen molar-refractivity contribution in [2.24, 2.45) is 0 Å². The van der Waals surface area contributed by atoms with Gasteiger partial charge >= 0.3 is 5.97 Å². The molecule has 1 aliphatic heterocycles. The van der Waals surface area contributed by atoms with Crippen molar-refractivity contribution >= 4 is 16.0 Å². The lowest BCUT2D eigenvalue weighted by Crippen LogP contribution is -2.52. The molecule has 0 amide bonds. The van der Waals surface area contributed by atoms with E-state index in [2.05, 4.69) is 5.10 Å². The summed E-state index contributed by atoms with van der Waals surface area (Å²) in [7, 11) is -3.47. The minimum absolute atomic E-state index is 0.0737. The molecule has 24 heavy (non-hydrogen) atoms. The monoisotopic (exact) mass is 349 g/mol. The second-order valence-corrected chi connectivity index (χ2v) is 7.90. The first kappa shape index (κ1) is 16.7. The van der Waals surface area contributed by atoms with Crippen LogP contribution in [-0.2, 0) is 26.1 Å². The molecule has 1 aromatic heterocycles. The van der Waals surface area contributed by atoms with E-state index in [0.29, 0.717) is 0 Å². The van der Waals surface area contributed by atoms with Crippen molar-refractivity contribution in [2.45, 2.75) is 24.1 Å². The van der Waals surface area contributed by atoms with Gasteiger partial charge in [-0.05, 0) is 24.5 Å². The number of carboxylic acids is 1. The Hall–Kier alpha value is -2.19. The Morgan fingerprint density at radius 3 is 2.38 bits per heavy atom. The average Bonchev–Trinajstić information content (AvgIpc) is 3.10. The van der Waals surface area contributed by atoms with Gasteiger partial charge in [0.1, 0.15) is 0 Å². The van der Waals surface area contributed by atoms with Gasteiger partial charge in [0.25, 0.3) is 0 Å². The number of aliphatic carboxylic acids is 1. The zero-order valence-corrected chi connectivity index (χ0v) is 13.9. The van der Waals surface area contributed by atoms with Crippen LogP contribution in [0, 0.1) is 0 Å². The molecule has 0 spiro atoms. The Labute approximate surface area is 140 Å². The Kier molecular flexibility index (Phi) is 4.42.